The number of allylic oxidation sites excluding steroid dienone is 8. The fourth-order valence-electron chi connectivity index (χ4n) is 2.68. The van der Waals surface area contributed by atoms with Crippen molar-refractivity contribution < 1.29 is 19.1 Å². The summed E-state index contributed by atoms with van der Waals surface area (Å²) in [5.74, 6) is 1.30. The first-order chi connectivity index (χ1) is 16.2. The van der Waals surface area contributed by atoms with E-state index >= 15 is 0 Å². The van der Waals surface area contributed by atoms with Gasteiger partial charge < -0.3 is 9.47 Å². The summed E-state index contributed by atoms with van der Waals surface area (Å²) in [6, 6.07) is 0. The Kier molecular flexibility index (Phi) is 32.2. The molecule has 0 aromatic rings. The zero-order valence-corrected chi connectivity index (χ0v) is 26.3. The van der Waals surface area contributed by atoms with Crippen molar-refractivity contribution >= 4 is 56.7 Å². The average Bonchev–Trinajstić information content (AvgIpc) is 3.43. The molecule has 0 aliphatic heterocycles. The minimum atomic E-state index is 0.182. The topological polar surface area (TPSA) is 52.6 Å². The maximum atomic E-state index is 10.9. The van der Waals surface area contributed by atoms with E-state index in [1.54, 1.807) is 13.2 Å². The molecule has 0 unspecified atom stereocenters. The Bertz CT molecular complexity index is 660. The van der Waals surface area contributed by atoms with Crippen LogP contribution in [0.15, 0.2) is 46.8 Å². The summed E-state index contributed by atoms with van der Waals surface area (Å²) in [6.45, 7) is 14.1. The molecule has 0 radical (unpaired) electrons. The van der Waals surface area contributed by atoms with Crippen LogP contribution in [0.5, 0.6) is 0 Å². The Morgan fingerprint density at radius 3 is 1.68 bits per heavy atom. The Morgan fingerprint density at radius 2 is 1.41 bits per heavy atom. The Hall–Kier alpha value is -0.474. The number of hydrogen-bond donors (Lipinski definition) is 0. The van der Waals surface area contributed by atoms with Crippen molar-refractivity contribution in [3.05, 3.63) is 46.8 Å². The molecule has 0 atom stereocenters. The van der Waals surface area contributed by atoms with E-state index in [0.717, 1.165) is 62.8 Å². The molecule has 0 saturated carbocycles. The van der Waals surface area contributed by atoms with Gasteiger partial charge >= 0.3 is 29.3 Å². The molecular formula is C27H45BrMgO4S. The summed E-state index contributed by atoms with van der Waals surface area (Å²) >= 11 is 4.78. The van der Waals surface area contributed by atoms with Crippen molar-refractivity contribution in [3.8, 4) is 0 Å². The molecule has 2 aliphatic carbocycles. The van der Waals surface area contributed by atoms with Gasteiger partial charge in [-0.3, -0.25) is 9.59 Å². The standard InChI is InChI=1S/C11H16O.C6H11Br.C6H8O2.C4H10O.Mg.S/c1-9(2)4-3-5-10-6-7-11(12)8-10;1-6(2)4-3-5-7;1-8-6-3-2-5(7)4-6;1-3-5-4-2;;/h4,8H,3,5-7H2,1-2H3;4H,3,5H2,1-2H3;4H,2-3H2,1H3;3-4H2,1-2H3;;. The number of halogens is 1. The number of hydrogen-bond acceptors (Lipinski definition) is 5. The van der Waals surface area contributed by atoms with E-state index < -0.39 is 0 Å². The molecular weight excluding hydrogens is 525 g/mol. The van der Waals surface area contributed by atoms with Gasteiger partial charge in [0, 0.05) is 43.9 Å². The number of rotatable bonds is 8. The van der Waals surface area contributed by atoms with Gasteiger partial charge in [-0.1, -0.05) is 44.8 Å². The third kappa shape index (κ3) is 29.6. The Labute approximate surface area is 233 Å². The fourth-order valence-corrected chi connectivity index (χ4v) is 2.91. The number of ketones is 2. The predicted octanol–water partition coefficient (Wildman–Crippen LogP) is 7.95. The van der Waals surface area contributed by atoms with Crippen molar-refractivity contribution in [1.82, 2.24) is 0 Å². The third-order valence-electron chi connectivity index (χ3n) is 4.35. The molecule has 34 heavy (non-hydrogen) atoms. The number of carbonyl (C=O) groups excluding carboxylic acids is 2. The van der Waals surface area contributed by atoms with Gasteiger partial charge in [-0.15, -0.1) is 0 Å². The molecule has 0 aromatic heterocycles. The summed E-state index contributed by atoms with van der Waals surface area (Å²) in [5.41, 5.74) is 4.09. The maximum absolute atomic E-state index is 10.9. The van der Waals surface area contributed by atoms with Gasteiger partial charge in [0.25, 0.3) is 0 Å². The summed E-state index contributed by atoms with van der Waals surface area (Å²) in [6.07, 6.45) is 14.3. The zero-order chi connectivity index (χ0) is 26.8. The zero-order valence-electron chi connectivity index (χ0n) is 22.5. The summed E-state index contributed by atoms with van der Waals surface area (Å²) < 4.78 is 9.66. The van der Waals surface area contributed by atoms with Crippen LogP contribution >= 0.6 is 25.4 Å². The van der Waals surface area contributed by atoms with Crippen LogP contribution in [-0.2, 0) is 19.1 Å². The number of methoxy groups -OCH3 is 1. The fraction of sp³-hybridized carbons (Fsp3) is 0.630. The molecule has 0 amide bonds. The van der Waals surface area contributed by atoms with Crippen LogP contribution in [0, 0.1) is 0 Å². The first kappa shape index (κ1) is 38.1. The van der Waals surface area contributed by atoms with Crippen LogP contribution in [0.2, 0.25) is 0 Å². The van der Waals surface area contributed by atoms with Gasteiger partial charge in [-0.05, 0) is 73.3 Å². The van der Waals surface area contributed by atoms with Crippen molar-refractivity contribution in [3.63, 3.8) is 0 Å². The minimum absolute atomic E-state index is 0.182. The van der Waals surface area contributed by atoms with E-state index in [1.807, 2.05) is 19.9 Å². The van der Waals surface area contributed by atoms with Crippen LogP contribution in [0.4, 0.5) is 0 Å². The van der Waals surface area contributed by atoms with Crippen molar-refractivity contribution in [2.75, 3.05) is 25.7 Å². The van der Waals surface area contributed by atoms with Crippen LogP contribution < -0.4 is 0 Å². The van der Waals surface area contributed by atoms with Crippen LogP contribution in [0.25, 0.3) is 0 Å². The third-order valence-corrected chi connectivity index (χ3v) is 4.81. The predicted molar refractivity (Wildman–Crippen MR) is 154 cm³/mol. The van der Waals surface area contributed by atoms with E-state index in [1.165, 1.54) is 36.5 Å². The van der Waals surface area contributed by atoms with Crippen molar-refractivity contribution in [2.24, 2.45) is 0 Å². The molecule has 4 nitrogen and oxygen atoms in total. The van der Waals surface area contributed by atoms with Gasteiger partial charge in [0.2, 0.25) is 0 Å². The number of carbonyl (C=O) groups is 2. The molecule has 2 rings (SSSR count). The average molecular weight is 570 g/mol. The molecule has 7 heteroatoms. The van der Waals surface area contributed by atoms with Crippen molar-refractivity contribution in [1.29, 1.82) is 0 Å². The quantitative estimate of drug-likeness (QED) is 0.169. The molecule has 2 aliphatic rings. The summed E-state index contributed by atoms with van der Waals surface area (Å²) in [7, 11) is 5.70. The first-order valence-electron chi connectivity index (χ1n) is 11.9. The van der Waals surface area contributed by atoms with Gasteiger partial charge in [-0.25, -0.2) is 0 Å². The van der Waals surface area contributed by atoms with Crippen LogP contribution in [0.1, 0.15) is 86.5 Å². The SMILES string of the molecule is CC(C)=CCCBr.CC(C)=CCCC1=CC(=O)CC1.CCOCC.COC1=CC(=O)CC1.[Mg]=[S]. The van der Waals surface area contributed by atoms with E-state index in [0.29, 0.717) is 12.2 Å². The molecule has 0 aromatic carbocycles. The van der Waals surface area contributed by atoms with E-state index in [4.69, 9.17) is 9.47 Å². The van der Waals surface area contributed by atoms with Gasteiger partial charge in [-0.2, -0.15) is 0 Å². The van der Waals surface area contributed by atoms with Gasteiger partial charge in [0.15, 0.2) is 11.6 Å². The summed E-state index contributed by atoms with van der Waals surface area (Å²) in [5, 5.41) is 1.08. The Balaban J connectivity index is -0.000000386. The monoisotopic (exact) mass is 568 g/mol. The summed E-state index contributed by atoms with van der Waals surface area (Å²) in [4.78, 5) is 21.3. The Morgan fingerprint density at radius 1 is 0.912 bits per heavy atom. The second-order valence-electron chi connectivity index (χ2n) is 7.91. The number of alkyl halides is 1. The molecule has 0 heterocycles. The molecule has 0 bridgehead atoms. The van der Waals surface area contributed by atoms with Crippen LogP contribution in [-0.4, -0.2) is 57.0 Å². The van der Waals surface area contributed by atoms with E-state index in [2.05, 4.69) is 65.2 Å². The molecule has 0 N–H and O–H groups in total. The van der Waals surface area contributed by atoms with E-state index in [-0.39, 0.29) is 5.78 Å². The number of ether oxygens (including phenoxy) is 2. The molecule has 0 spiro atoms. The first-order valence-corrected chi connectivity index (χ1v) is 15.3. The second kappa shape index (κ2) is 28.8. The normalized spacial score (nSPS) is 13.2. The molecule has 0 saturated heterocycles. The second-order valence-corrected chi connectivity index (χ2v) is 8.70. The van der Waals surface area contributed by atoms with E-state index in [9.17, 15) is 9.59 Å². The van der Waals surface area contributed by atoms with Crippen LogP contribution in [0.3, 0.4) is 0 Å². The van der Waals surface area contributed by atoms with Crippen molar-refractivity contribution in [2.45, 2.75) is 86.5 Å². The van der Waals surface area contributed by atoms with Gasteiger partial charge in [0.1, 0.15) is 0 Å². The molecule has 0 fully saturated rings. The van der Waals surface area contributed by atoms with Gasteiger partial charge in [0.05, 0.1) is 12.9 Å². The molecule has 192 valence electrons.